The van der Waals surface area contributed by atoms with Crippen LogP contribution >= 0.6 is 23.7 Å². The van der Waals surface area contributed by atoms with E-state index in [4.69, 9.17) is 4.74 Å². The zero-order valence-electron chi connectivity index (χ0n) is 9.53. The minimum absolute atomic E-state index is 0. The number of benzene rings is 1. The van der Waals surface area contributed by atoms with Crippen LogP contribution in [0.4, 0.5) is 5.69 Å². The highest BCUT2D eigenvalue weighted by Crippen LogP contribution is 2.32. The molecule has 0 atom stereocenters. The second kappa shape index (κ2) is 5.37. The average molecular weight is 259 g/mol. The molecule has 0 aliphatic heterocycles. The maximum atomic E-state index is 5.55. The van der Waals surface area contributed by atoms with Gasteiger partial charge in [-0.1, -0.05) is 0 Å². The molecule has 0 saturated heterocycles. The molecule has 0 radical (unpaired) electrons. The van der Waals surface area contributed by atoms with E-state index in [0.717, 1.165) is 22.0 Å². The molecule has 16 heavy (non-hydrogen) atoms. The summed E-state index contributed by atoms with van der Waals surface area (Å²) in [7, 11) is 1.90. The predicted molar refractivity (Wildman–Crippen MR) is 72.3 cm³/mol. The van der Waals surface area contributed by atoms with Crippen LogP contribution in [0, 0.1) is 6.92 Å². The summed E-state index contributed by atoms with van der Waals surface area (Å²) in [6.07, 6.45) is 0. The standard InChI is InChI=1S/C11H14N2OS.ClH/c1-4-14-10-5-9-11(6-8(10)12-3)15-7(2)13-9;/h5-6,12H,4H2,1-3H3;1H. The topological polar surface area (TPSA) is 34.1 Å². The normalized spacial score (nSPS) is 9.94. The maximum Gasteiger partial charge on any atom is 0.144 e. The largest absolute Gasteiger partial charge is 0.492 e. The Kier molecular flexibility index (Phi) is 4.38. The van der Waals surface area contributed by atoms with Crippen LogP contribution in [0.5, 0.6) is 5.75 Å². The molecule has 2 aromatic rings. The van der Waals surface area contributed by atoms with Crippen molar-refractivity contribution in [2.45, 2.75) is 13.8 Å². The van der Waals surface area contributed by atoms with Crippen molar-refractivity contribution < 1.29 is 4.74 Å². The van der Waals surface area contributed by atoms with Gasteiger partial charge in [0.05, 0.1) is 27.5 Å². The summed E-state index contributed by atoms with van der Waals surface area (Å²) in [5.41, 5.74) is 2.04. The Labute approximate surface area is 105 Å². The number of hydrogen-bond acceptors (Lipinski definition) is 4. The van der Waals surface area contributed by atoms with Gasteiger partial charge < -0.3 is 10.1 Å². The lowest BCUT2D eigenvalue weighted by Gasteiger charge is -2.09. The quantitative estimate of drug-likeness (QED) is 0.916. The molecule has 0 unspecified atom stereocenters. The van der Waals surface area contributed by atoms with Crippen molar-refractivity contribution in [3.63, 3.8) is 0 Å². The Morgan fingerprint density at radius 3 is 2.81 bits per heavy atom. The van der Waals surface area contributed by atoms with E-state index in [1.54, 1.807) is 11.3 Å². The number of aromatic nitrogens is 1. The molecule has 2 rings (SSSR count). The highest BCUT2D eigenvalue weighted by atomic mass is 35.5. The van der Waals surface area contributed by atoms with E-state index in [2.05, 4.69) is 16.4 Å². The molecule has 1 N–H and O–H groups in total. The van der Waals surface area contributed by atoms with Gasteiger partial charge in [0.1, 0.15) is 5.75 Å². The number of halogens is 1. The number of nitrogens with one attached hydrogen (secondary N) is 1. The lowest BCUT2D eigenvalue weighted by Crippen LogP contribution is -1.97. The second-order valence-corrected chi connectivity index (χ2v) is 4.47. The van der Waals surface area contributed by atoms with E-state index in [-0.39, 0.29) is 12.4 Å². The van der Waals surface area contributed by atoms with E-state index >= 15 is 0 Å². The second-order valence-electron chi connectivity index (χ2n) is 3.23. The van der Waals surface area contributed by atoms with Crippen molar-refractivity contribution in [3.05, 3.63) is 17.1 Å². The fourth-order valence-electron chi connectivity index (χ4n) is 1.54. The van der Waals surface area contributed by atoms with Crippen LogP contribution < -0.4 is 10.1 Å². The fraction of sp³-hybridized carbons (Fsp3) is 0.364. The molecule has 1 aromatic heterocycles. The first kappa shape index (κ1) is 13.1. The average Bonchev–Trinajstić information content (AvgIpc) is 2.56. The lowest BCUT2D eigenvalue weighted by molar-refractivity contribution is 0.342. The van der Waals surface area contributed by atoms with E-state index < -0.39 is 0 Å². The third-order valence-electron chi connectivity index (χ3n) is 2.17. The number of fused-ring (bicyclic) bond motifs is 1. The first-order valence-corrected chi connectivity index (χ1v) is 5.78. The number of thiazole rings is 1. The number of nitrogens with zero attached hydrogens (tertiary/aromatic N) is 1. The summed E-state index contributed by atoms with van der Waals surface area (Å²) in [6, 6.07) is 4.08. The van der Waals surface area contributed by atoms with Gasteiger partial charge in [-0.25, -0.2) is 4.98 Å². The monoisotopic (exact) mass is 258 g/mol. The van der Waals surface area contributed by atoms with Crippen LogP contribution in [-0.4, -0.2) is 18.6 Å². The number of anilines is 1. The van der Waals surface area contributed by atoms with E-state index in [1.165, 1.54) is 4.70 Å². The first-order chi connectivity index (χ1) is 7.24. The molecule has 3 nitrogen and oxygen atoms in total. The molecule has 0 saturated carbocycles. The zero-order chi connectivity index (χ0) is 10.8. The van der Waals surface area contributed by atoms with E-state index in [1.807, 2.05) is 27.0 Å². The summed E-state index contributed by atoms with van der Waals surface area (Å²) in [5.74, 6) is 0.873. The van der Waals surface area contributed by atoms with Crippen molar-refractivity contribution in [2.75, 3.05) is 19.0 Å². The third-order valence-corrected chi connectivity index (χ3v) is 3.10. The van der Waals surface area contributed by atoms with Gasteiger partial charge in [0.25, 0.3) is 0 Å². The molecule has 1 aromatic carbocycles. The molecule has 0 fully saturated rings. The number of ether oxygens (including phenoxy) is 1. The molecule has 0 bridgehead atoms. The summed E-state index contributed by atoms with van der Waals surface area (Å²) in [6.45, 7) is 4.67. The minimum atomic E-state index is 0. The molecule has 88 valence electrons. The SMILES string of the molecule is CCOc1cc2nc(C)sc2cc1NC.Cl. The molecule has 5 heteroatoms. The minimum Gasteiger partial charge on any atom is -0.492 e. The van der Waals surface area contributed by atoms with Crippen molar-refractivity contribution in [3.8, 4) is 5.75 Å². The molecular weight excluding hydrogens is 244 g/mol. The Hall–Kier alpha value is -1.00. The lowest BCUT2D eigenvalue weighted by atomic mass is 10.2. The summed E-state index contributed by atoms with van der Waals surface area (Å²) in [5, 5.41) is 4.22. The van der Waals surface area contributed by atoms with Gasteiger partial charge in [-0.05, 0) is 19.9 Å². The van der Waals surface area contributed by atoms with Crippen molar-refractivity contribution in [2.24, 2.45) is 0 Å². The van der Waals surface area contributed by atoms with Gasteiger partial charge in [-0.15, -0.1) is 23.7 Å². The Morgan fingerprint density at radius 1 is 1.44 bits per heavy atom. The van der Waals surface area contributed by atoms with Crippen molar-refractivity contribution >= 4 is 39.6 Å². The van der Waals surface area contributed by atoms with Crippen LogP contribution in [-0.2, 0) is 0 Å². The molecular formula is C11H15ClN2OS. The number of aryl methyl sites for hydroxylation is 1. The summed E-state index contributed by atoms with van der Waals surface area (Å²) < 4.78 is 6.74. The third kappa shape index (κ3) is 2.39. The first-order valence-electron chi connectivity index (χ1n) is 4.96. The number of hydrogen-bond donors (Lipinski definition) is 1. The Balaban J connectivity index is 0.00000128. The van der Waals surface area contributed by atoms with Crippen LogP contribution in [0.3, 0.4) is 0 Å². The molecule has 0 amide bonds. The van der Waals surface area contributed by atoms with E-state index in [0.29, 0.717) is 6.61 Å². The molecule has 1 heterocycles. The zero-order valence-corrected chi connectivity index (χ0v) is 11.2. The van der Waals surface area contributed by atoms with E-state index in [9.17, 15) is 0 Å². The molecule has 0 spiro atoms. The summed E-state index contributed by atoms with van der Waals surface area (Å²) in [4.78, 5) is 4.44. The van der Waals surface area contributed by atoms with Crippen molar-refractivity contribution in [1.82, 2.24) is 4.98 Å². The molecule has 0 aliphatic carbocycles. The highest BCUT2D eigenvalue weighted by Gasteiger charge is 2.07. The Bertz CT molecular complexity index is 484. The van der Waals surface area contributed by atoms with Crippen LogP contribution in [0.1, 0.15) is 11.9 Å². The fourth-order valence-corrected chi connectivity index (χ4v) is 2.39. The van der Waals surface area contributed by atoms with Crippen LogP contribution in [0.15, 0.2) is 12.1 Å². The van der Waals surface area contributed by atoms with Crippen molar-refractivity contribution in [1.29, 1.82) is 0 Å². The van der Waals surface area contributed by atoms with Gasteiger partial charge in [-0.3, -0.25) is 0 Å². The van der Waals surface area contributed by atoms with Gasteiger partial charge in [0, 0.05) is 13.1 Å². The maximum absolute atomic E-state index is 5.55. The predicted octanol–water partition coefficient (Wildman–Crippen LogP) is 3.47. The van der Waals surface area contributed by atoms with Gasteiger partial charge in [-0.2, -0.15) is 0 Å². The van der Waals surface area contributed by atoms with Gasteiger partial charge in [0.15, 0.2) is 0 Å². The van der Waals surface area contributed by atoms with Crippen LogP contribution in [0.25, 0.3) is 10.2 Å². The highest BCUT2D eigenvalue weighted by molar-refractivity contribution is 7.18. The van der Waals surface area contributed by atoms with Gasteiger partial charge in [0.2, 0.25) is 0 Å². The Morgan fingerprint density at radius 2 is 2.19 bits per heavy atom. The smallest absolute Gasteiger partial charge is 0.144 e. The number of rotatable bonds is 3. The molecule has 0 aliphatic rings. The van der Waals surface area contributed by atoms with Crippen LogP contribution in [0.2, 0.25) is 0 Å². The summed E-state index contributed by atoms with van der Waals surface area (Å²) >= 11 is 1.70. The van der Waals surface area contributed by atoms with Gasteiger partial charge >= 0.3 is 0 Å².